The second-order valence-corrected chi connectivity index (χ2v) is 4.55. The van der Waals surface area contributed by atoms with Crippen molar-refractivity contribution in [2.45, 2.75) is 20.3 Å². The fourth-order valence-electron chi connectivity index (χ4n) is 2.09. The smallest absolute Gasteiger partial charge is 0.168 e. The molecule has 0 saturated heterocycles. The van der Waals surface area contributed by atoms with Crippen LogP contribution in [0.1, 0.15) is 30.6 Å². The molecule has 0 amide bonds. The van der Waals surface area contributed by atoms with Gasteiger partial charge >= 0.3 is 0 Å². The van der Waals surface area contributed by atoms with Crippen molar-refractivity contribution in [3.8, 4) is 0 Å². The lowest BCUT2D eigenvalue weighted by molar-refractivity contribution is -0.117. The Kier molecular flexibility index (Phi) is 3.51. The summed E-state index contributed by atoms with van der Waals surface area (Å²) in [5.74, 6) is -0.284. The summed E-state index contributed by atoms with van der Waals surface area (Å²) in [5.41, 5.74) is 1.31. The van der Waals surface area contributed by atoms with Crippen molar-refractivity contribution in [3.05, 3.63) is 42.1 Å². The monoisotopic (exact) mass is 241 g/mol. The van der Waals surface area contributed by atoms with Gasteiger partial charge in [-0.15, -0.1) is 0 Å². The lowest BCUT2D eigenvalue weighted by Gasteiger charge is -2.10. The highest BCUT2D eigenvalue weighted by Crippen LogP contribution is 2.20. The van der Waals surface area contributed by atoms with E-state index in [2.05, 4.69) is 4.98 Å². The molecule has 1 aromatic heterocycles. The van der Waals surface area contributed by atoms with Gasteiger partial charge in [-0.25, -0.2) is 0 Å². The molecule has 3 heteroatoms. The van der Waals surface area contributed by atoms with Gasteiger partial charge in [0, 0.05) is 29.5 Å². The fraction of sp³-hybridized carbons (Fsp3) is 0.267. The van der Waals surface area contributed by atoms with Crippen LogP contribution in [0.3, 0.4) is 0 Å². The standard InChI is InChI=1S/C15H15NO2/c1-10(9-11(2)17)15(18)13-7-3-5-12-6-4-8-16-14(12)13/h3-8,10H,9H2,1-2H3. The fourth-order valence-corrected chi connectivity index (χ4v) is 2.09. The minimum Gasteiger partial charge on any atom is -0.300 e. The van der Waals surface area contributed by atoms with Crippen LogP contribution in [0.2, 0.25) is 0 Å². The molecule has 0 N–H and O–H groups in total. The van der Waals surface area contributed by atoms with Crippen LogP contribution >= 0.6 is 0 Å². The summed E-state index contributed by atoms with van der Waals surface area (Å²) in [7, 11) is 0. The molecule has 0 bridgehead atoms. The summed E-state index contributed by atoms with van der Waals surface area (Å²) < 4.78 is 0. The molecule has 0 radical (unpaired) electrons. The van der Waals surface area contributed by atoms with E-state index in [-0.39, 0.29) is 23.9 Å². The SMILES string of the molecule is CC(=O)CC(C)C(=O)c1cccc2cccnc12. The maximum absolute atomic E-state index is 12.3. The number of carbonyl (C=O) groups is 2. The highest BCUT2D eigenvalue weighted by Gasteiger charge is 2.19. The summed E-state index contributed by atoms with van der Waals surface area (Å²) in [6.07, 6.45) is 1.96. The van der Waals surface area contributed by atoms with Gasteiger partial charge in [-0.05, 0) is 19.1 Å². The topological polar surface area (TPSA) is 47.0 Å². The van der Waals surface area contributed by atoms with E-state index in [1.54, 1.807) is 19.2 Å². The molecule has 92 valence electrons. The number of ketones is 2. The molecule has 0 fully saturated rings. The number of hydrogen-bond acceptors (Lipinski definition) is 3. The number of fused-ring (bicyclic) bond motifs is 1. The first-order valence-corrected chi connectivity index (χ1v) is 5.97. The minimum absolute atomic E-state index is 0.0190. The van der Waals surface area contributed by atoms with Crippen LogP contribution in [0.15, 0.2) is 36.5 Å². The van der Waals surface area contributed by atoms with Crippen molar-refractivity contribution in [1.29, 1.82) is 0 Å². The van der Waals surface area contributed by atoms with E-state index in [0.717, 1.165) is 5.39 Å². The van der Waals surface area contributed by atoms with Crippen LogP contribution in [0.4, 0.5) is 0 Å². The summed E-state index contributed by atoms with van der Waals surface area (Å²) in [6.45, 7) is 3.29. The molecular weight excluding hydrogens is 226 g/mol. The molecule has 0 spiro atoms. The van der Waals surface area contributed by atoms with E-state index in [1.807, 2.05) is 24.3 Å². The Morgan fingerprint density at radius 3 is 2.67 bits per heavy atom. The van der Waals surface area contributed by atoms with Crippen molar-refractivity contribution in [2.75, 3.05) is 0 Å². The van der Waals surface area contributed by atoms with E-state index < -0.39 is 0 Å². The van der Waals surface area contributed by atoms with Gasteiger partial charge in [-0.1, -0.05) is 25.1 Å². The highest BCUT2D eigenvalue weighted by molar-refractivity contribution is 6.08. The van der Waals surface area contributed by atoms with Crippen molar-refractivity contribution in [1.82, 2.24) is 4.98 Å². The molecule has 2 rings (SSSR count). The first kappa shape index (κ1) is 12.4. The lowest BCUT2D eigenvalue weighted by Crippen LogP contribution is -2.15. The largest absolute Gasteiger partial charge is 0.300 e. The predicted molar refractivity (Wildman–Crippen MR) is 70.5 cm³/mol. The molecule has 0 aliphatic carbocycles. The van der Waals surface area contributed by atoms with Crippen molar-refractivity contribution < 1.29 is 9.59 Å². The molecule has 1 atom stereocenters. The van der Waals surface area contributed by atoms with Crippen LogP contribution in [-0.4, -0.2) is 16.6 Å². The van der Waals surface area contributed by atoms with E-state index in [0.29, 0.717) is 11.1 Å². The normalized spacial score (nSPS) is 12.3. The number of pyridine rings is 1. The molecule has 2 aromatic rings. The predicted octanol–water partition coefficient (Wildman–Crippen LogP) is 3.03. The summed E-state index contributed by atoms with van der Waals surface area (Å²) in [4.78, 5) is 27.6. The number of Topliss-reactive ketones (excluding diaryl/α,β-unsaturated/α-hetero) is 2. The molecule has 1 unspecified atom stereocenters. The zero-order valence-corrected chi connectivity index (χ0v) is 10.5. The Bertz CT molecular complexity index is 599. The van der Waals surface area contributed by atoms with Gasteiger partial charge in [0.1, 0.15) is 5.78 Å². The minimum atomic E-state index is -0.296. The number of aromatic nitrogens is 1. The van der Waals surface area contributed by atoms with Gasteiger partial charge < -0.3 is 4.79 Å². The number of carbonyl (C=O) groups excluding carboxylic acids is 2. The van der Waals surface area contributed by atoms with Crippen molar-refractivity contribution in [3.63, 3.8) is 0 Å². The Balaban J connectivity index is 2.42. The molecule has 0 aliphatic rings. The van der Waals surface area contributed by atoms with Crippen LogP contribution in [-0.2, 0) is 4.79 Å². The number of hydrogen-bond donors (Lipinski definition) is 0. The average molecular weight is 241 g/mol. The molecule has 0 saturated carbocycles. The highest BCUT2D eigenvalue weighted by atomic mass is 16.1. The quantitative estimate of drug-likeness (QED) is 0.773. The summed E-state index contributed by atoms with van der Waals surface area (Å²) >= 11 is 0. The van der Waals surface area contributed by atoms with Gasteiger partial charge in [0.25, 0.3) is 0 Å². The summed E-state index contributed by atoms with van der Waals surface area (Å²) in [6, 6.07) is 9.31. The van der Waals surface area contributed by atoms with E-state index in [1.165, 1.54) is 6.92 Å². The van der Waals surface area contributed by atoms with Gasteiger partial charge in [-0.2, -0.15) is 0 Å². The molecular formula is C15H15NO2. The molecule has 1 aromatic carbocycles. The van der Waals surface area contributed by atoms with Crippen LogP contribution in [0.25, 0.3) is 10.9 Å². The van der Waals surface area contributed by atoms with Gasteiger partial charge in [0.15, 0.2) is 5.78 Å². The number of nitrogens with zero attached hydrogens (tertiary/aromatic N) is 1. The zero-order chi connectivity index (χ0) is 13.1. The van der Waals surface area contributed by atoms with Gasteiger partial charge in [-0.3, -0.25) is 9.78 Å². The molecule has 18 heavy (non-hydrogen) atoms. The van der Waals surface area contributed by atoms with Gasteiger partial charge in [0.05, 0.1) is 5.52 Å². The van der Waals surface area contributed by atoms with Crippen LogP contribution in [0, 0.1) is 5.92 Å². The van der Waals surface area contributed by atoms with E-state index in [4.69, 9.17) is 0 Å². The van der Waals surface area contributed by atoms with Crippen molar-refractivity contribution in [2.24, 2.45) is 5.92 Å². The van der Waals surface area contributed by atoms with E-state index in [9.17, 15) is 9.59 Å². The number of benzene rings is 1. The first-order valence-electron chi connectivity index (χ1n) is 5.97. The molecule has 1 heterocycles. The van der Waals surface area contributed by atoms with Crippen LogP contribution in [0.5, 0.6) is 0 Å². The second kappa shape index (κ2) is 5.08. The Morgan fingerprint density at radius 1 is 1.22 bits per heavy atom. The maximum atomic E-state index is 12.3. The summed E-state index contributed by atoms with van der Waals surface area (Å²) in [5, 5.41) is 0.943. The Labute approximate surface area is 106 Å². The van der Waals surface area contributed by atoms with E-state index >= 15 is 0 Å². The third kappa shape index (κ3) is 2.45. The molecule has 0 aliphatic heterocycles. The first-order chi connectivity index (χ1) is 8.59. The number of rotatable bonds is 4. The number of para-hydroxylation sites is 1. The average Bonchev–Trinajstić information content (AvgIpc) is 2.36. The third-order valence-corrected chi connectivity index (χ3v) is 2.94. The molecule has 3 nitrogen and oxygen atoms in total. The lowest BCUT2D eigenvalue weighted by atomic mass is 9.93. The Hall–Kier alpha value is -2.03. The van der Waals surface area contributed by atoms with Crippen molar-refractivity contribution >= 4 is 22.5 Å². The van der Waals surface area contributed by atoms with Crippen LogP contribution < -0.4 is 0 Å². The third-order valence-electron chi connectivity index (χ3n) is 2.94. The Morgan fingerprint density at radius 2 is 1.94 bits per heavy atom. The second-order valence-electron chi connectivity index (χ2n) is 4.55. The zero-order valence-electron chi connectivity index (χ0n) is 10.5. The maximum Gasteiger partial charge on any atom is 0.168 e. The van der Waals surface area contributed by atoms with Gasteiger partial charge in [0.2, 0.25) is 0 Å².